The largest absolute Gasteiger partial charge is 0.330 e. The van der Waals surface area contributed by atoms with Crippen molar-refractivity contribution in [3.8, 4) is 9.75 Å². The lowest BCUT2D eigenvalue weighted by Gasteiger charge is -1.92. The normalized spacial score (nSPS) is 10.6. The first-order valence-electron chi connectivity index (χ1n) is 4.73. The Kier molecular flexibility index (Phi) is 3.35. The van der Waals surface area contributed by atoms with Crippen LogP contribution in [0.5, 0.6) is 0 Å². The highest BCUT2D eigenvalue weighted by Gasteiger charge is 2.02. The van der Waals surface area contributed by atoms with Gasteiger partial charge < -0.3 is 5.73 Å². The molecule has 0 aliphatic carbocycles. The van der Waals surface area contributed by atoms with Gasteiger partial charge in [0, 0.05) is 14.6 Å². The summed E-state index contributed by atoms with van der Waals surface area (Å²) in [6.45, 7) is 0.784. The molecule has 2 aromatic heterocycles. The Labute approximate surface area is 92.2 Å². The first kappa shape index (κ1) is 9.90. The summed E-state index contributed by atoms with van der Waals surface area (Å²) in [5.41, 5.74) is 5.48. The molecule has 0 unspecified atom stereocenters. The maximum absolute atomic E-state index is 5.48. The lowest BCUT2D eigenvalue weighted by atomic mass is 10.2. The third kappa shape index (κ3) is 2.23. The number of nitrogens with two attached hydrogens (primary N) is 1. The second kappa shape index (κ2) is 4.73. The predicted octanol–water partition coefficient (Wildman–Crippen LogP) is 3.37. The summed E-state index contributed by atoms with van der Waals surface area (Å²) in [5, 5.41) is 2.12. The van der Waals surface area contributed by atoms with Crippen LogP contribution in [-0.2, 0) is 6.42 Å². The maximum Gasteiger partial charge on any atom is 0.0445 e. The van der Waals surface area contributed by atoms with Gasteiger partial charge in [-0.1, -0.05) is 6.07 Å². The van der Waals surface area contributed by atoms with Crippen LogP contribution in [0.4, 0.5) is 0 Å². The van der Waals surface area contributed by atoms with Crippen molar-refractivity contribution < 1.29 is 0 Å². The molecule has 0 spiro atoms. The van der Waals surface area contributed by atoms with Gasteiger partial charge in [-0.05, 0) is 43.0 Å². The Morgan fingerprint density at radius 1 is 1.14 bits per heavy atom. The number of thiophene rings is 2. The molecule has 0 amide bonds. The fourth-order valence-corrected chi connectivity index (χ4v) is 3.22. The van der Waals surface area contributed by atoms with E-state index in [9.17, 15) is 0 Å². The Hall–Kier alpha value is -0.640. The molecule has 0 aliphatic rings. The Bertz CT molecular complexity index is 376. The van der Waals surface area contributed by atoms with Gasteiger partial charge in [-0.15, -0.1) is 22.7 Å². The van der Waals surface area contributed by atoms with Crippen LogP contribution in [0.25, 0.3) is 9.75 Å². The molecule has 0 aromatic carbocycles. The number of hydrogen-bond donors (Lipinski definition) is 1. The van der Waals surface area contributed by atoms with Gasteiger partial charge >= 0.3 is 0 Å². The summed E-state index contributed by atoms with van der Waals surface area (Å²) in [6, 6.07) is 8.69. The van der Waals surface area contributed by atoms with E-state index in [1.165, 1.54) is 14.6 Å². The van der Waals surface area contributed by atoms with Gasteiger partial charge in [0.05, 0.1) is 0 Å². The van der Waals surface area contributed by atoms with Crippen molar-refractivity contribution in [1.29, 1.82) is 0 Å². The van der Waals surface area contributed by atoms with E-state index in [1.54, 1.807) is 11.3 Å². The highest BCUT2D eigenvalue weighted by atomic mass is 32.1. The number of aryl methyl sites for hydroxylation is 1. The molecule has 2 aromatic rings. The van der Waals surface area contributed by atoms with Gasteiger partial charge in [-0.3, -0.25) is 0 Å². The molecule has 2 heterocycles. The highest BCUT2D eigenvalue weighted by Crippen LogP contribution is 2.31. The summed E-state index contributed by atoms with van der Waals surface area (Å²) in [7, 11) is 0. The van der Waals surface area contributed by atoms with Gasteiger partial charge in [0.15, 0.2) is 0 Å². The molecule has 0 saturated carbocycles. The first-order valence-corrected chi connectivity index (χ1v) is 6.42. The maximum atomic E-state index is 5.48. The fourth-order valence-electron chi connectivity index (χ4n) is 1.34. The van der Waals surface area contributed by atoms with Crippen LogP contribution < -0.4 is 5.73 Å². The zero-order valence-electron chi connectivity index (χ0n) is 7.90. The molecule has 2 N–H and O–H groups in total. The third-order valence-electron chi connectivity index (χ3n) is 2.05. The van der Waals surface area contributed by atoms with Crippen LogP contribution in [0.15, 0.2) is 29.6 Å². The van der Waals surface area contributed by atoms with Gasteiger partial charge in [-0.25, -0.2) is 0 Å². The van der Waals surface area contributed by atoms with Crippen molar-refractivity contribution in [2.75, 3.05) is 6.54 Å². The summed E-state index contributed by atoms with van der Waals surface area (Å²) in [5.74, 6) is 0. The average molecular weight is 223 g/mol. The Morgan fingerprint density at radius 3 is 2.79 bits per heavy atom. The molecule has 0 bridgehead atoms. The van der Waals surface area contributed by atoms with Crippen molar-refractivity contribution >= 4 is 22.7 Å². The molecular weight excluding hydrogens is 210 g/mol. The molecule has 2 rings (SSSR count). The summed E-state index contributed by atoms with van der Waals surface area (Å²) in [4.78, 5) is 4.19. The Balaban J connectivity index is 2.10. The Morgan fingerprint density at radius 2 is 2.07 bits per heavy atom. The van der Waals surface area contributed by atoms with Gasteiger partial charge in [0.25, 0.3) is 0 Å². The van der Waals surface area contributed by atoms with E-state index in [1.807, 2.05) is 11.3 Å². The van der Waals surface area contributed by atoms with Gasteiger partial charge in [0.1, 0.15) is 0 Å². The summed E-state index contributed by atoms with van der Waals surface area (Å²) >= 11 is 3.68. The van der Waals surface area contributed by atoms with E-state index in [0.717, 1.165) is 19.4 Å². The van der Waals surface area contributed by atoms with E-state index in [0.29, 0.717) is 0 Å². The third-order valence-corrected chi connectivity index (χ3v) is 4.26. The van der Waals surface area contributed by atoms with Crippen LogP contribution in [0.2, 0.25) is 0 Å². The molecule has 74 valence electrons. The smallest absolute Gasteiger partial charge is 0.0445 e. The topological polar surface area (TPSA) is 26.0 Å². The molecule has 14 heavy (non-hydrogen) atoms. The van der Waals surface area contributed by atoms with Crippen LogP contribution >= 0.6 is 22.7 Å². The molecule has 0 atom stereocenters. The van der Waals surface area contributed by atoms with Crippen LogP contribution in [0.3, 0.4) is 0 Å². The van der Waals surface area contributed by atoms with Crippen molar-refractivity contribution in [3.63, 3.8) is 0 Å². The van der Waals surface area contributed by atoms with E-state index in [2.05, 4.69) is 29.6 Å². The van der Waals surface area contributed by atoms with Gasteiger partial charge in [-0.2, -0.15) is 0 Å². The zero-order valence-corrected chi connectivity index (χ0v) is 9.53. The van der Waals surface area contributed by atoms with Crippen molar-refractivity contribution in [3.05, 3.63) is 34.5 Å². The quantitative estimate of drug-likeness (QED) is 0.845. The van der Waals surface area contributed by atoms with E-state index >= 15 is 0 Å². The molecule has 0 saturated heterocycles. The second-order valence-electron chi connectivity index (χ2n) is 3.14. The SMILES string of the molecule is NCCCc1ccc(-c2cccs2)s1. The summed E-state index contributed by atoms with van der Waals surface area (Å²) < 4.78 is 0. The molecule has 1 nitrogen and oxygen atoms in total. The minimum Gasteiger partial charge on any atom is -0.330 e. The monoisotopic (exact) mass is 223 g/mol. The second-order valence-corrected chi connectivity index (χ2v) is 5.25. The predicted molar refractivity (Wildman–Crippen MR) is 65.0 cm³/mol. The first-order chi connectivity index (χ1) is 6.90. The minimum atomic E-state index is 0.784. The van der Waals surface area contributed by atoms with Crippen molar-refractivity contribution in [2.45, 2.75) is 12.8 Å². The lowest BCUT2D eigenvalue weighted by molar-refractivity contribution is 0.843. The molecular formula is C11H13NS2. The van der Waals surface area contributed by atoms with E-state index in [4.69, 9.17) is 5.73 Å². The zero-order chi connectivity index (χ0) is 9.80. The average Bonchev–Trinajstić information content (AvgIpc) is 2.85. The van der Waals surface area contributed by atoms with E-state index < -0.39 is 0 Å². The molecule has 0 aliphatic heterocycles. The molecule has 0 fully saturated rings. The van der Waals surface area contributed by atoms with Crippen molar-refractivity contribution in [2.24, 2.45) is 5.73 Å². The minimum absolute atomic E-state index is 0.784. The fraction of sp³-hybridized carbons (Fsp3) is 0.273. The van der Waals surface area contributed by atoms with E-state index in [-0.39, 0.29) is 0 Å². The lowest BCUT2D eigenvalue weighted by Crippen LogP contribution is -1.98. The highest BCUT2D eigenvalue weighted by molar-refractivity contribution is 7.21. The number of rotatable bonds is 4. The van der Waals surface area contributed by atoms with Crippen LogP contribution in [0, 0.1) is 0 Å². The van der Waals surface area contributed by atoms with Crippen LogP contribution in [-0.4, -0.2) is 6.54 Å². The summed E-state index contributed by atoms with van der Waals surface area (Å²) in [6.07, 6.45) is 2.21. The van der Waals surface area contributed by atoms with Crippen molar-refractivity contribution in [1.82, 2.24) is 0 Å². The number of hydrogen-bond acceptors (Lipinski definition) is 3. The molecule has 0 radical (unpaired) electrons. The standard InChI is InChI=1S/C11H13NS2/c12-7-1-3-9-5-6-11(14-9)10-4-2-8-13-10/h2,4-6,8H,1,3,7,12H2. The molecule has 3 heteroatoms. The van der Waals surface area contributed by atoms with Crippen LogP contribution in [0.1, 0.15) is 11.3 Å². The van der Waals surface area contributed by atoms with Gasteiger partial charge in [0.2, 0.25) is 0 Å².